The number of hydrogen-bond acceptors (Lipinski definition) is 4. The van der Waals surface area contributed by atoms with E-state index < -0.39 is 5.60 Å². The van der Waals surface area contributed by atoms with E-state index in [0.29, 0.717) is 0 Å². The van der Waals surface area contributed by atoms with Crippen molar-refractivity contribution in [2.45, 2.75) is 44.9 Å². The van der Waals surface area contributed by atoms with Crippen molar-refractivity contribution in [1.29, 1.82) is 0 Å². The van der Waals surface area contributed by atoms with Crippen LogP contribution >= 0.6 is 0 Å². The zero-order valence-corrected chi connectivity index (χ0v) is 17.1. The fraction of sp³-hybridized carbons (Fsp3) is 0.435. The van der Waals surface area contributed by atoms with Crippen molar-refractivity contribution in [3.8, 4) is 5.75 Å². The second-order valence-corrected chi connectivity index (χ2v) is 8.31. The first-order valence-electron chi connectivity index (χ1n) is 9.74. The first kappa shape index (κ1) is 20.2. The van der Waals surface area contributed by atoms with Crippen LogP contribution in [-0.4, -0.2) is 42.8 Å². The molecule has 2 aromatic rings. The molecule has 0 aromatic heterocycles. The summed E-state index contributed by atoms with van der Waals surface area (Å²) in [5.74, 6) is 1.03. The first-order valence-corrected chi connectivity index (χ1v) is 9.74. The number of ether oxygens (including phenoxy) is 2. The van der Waals surface area contributed by atoms with Gasteiger partial charge in [-0.3, -0.25) is 4.90 Å². The smallest absolute Gasteiger partial charge is 0.407 e. The van der Waals surface area contributed by atoms with Gasteiger partial charge < -0.3 is 14.8 Å². The summed E-state index contributed by atoms with van der Waals surface area (Å²) in [4.78, 5) is 14.8. The van der Waals surface area contributed by atoms with Gasteiger partial charge in [0.05, 0.1) is 13.2 Å². The largest absolute Gasteiger partial charge is 0.497 e. The number of methoxy groups -OCH3 is 1. The van der Waals surface area contributed by atoms with Crippen LogP contribution in [0.3, 0.4) is 0 Å². The molecule has 3 rings (SSSR count). The fourth-order valence-electron chi connectivity index (χ4n) is 3.65. The molecule has 28 heavy (non-hydrogen) atoms. The minimum absolute atomic E-state index is 0.00745. The standard InChI is InChI=1S/C23H30N2O3/c1-23(2,3)28-22(26)24-21-16-25(14-17-8-6-5-7-9-17)15-20(21)18-10-12-19(27-4)13-11-18/h5-13,20-21H,14-16H2,1-4H3,(H,24,26)/t20-,21+/m0/s1. The molecule has 5 nitrogen and oxygen atoms in total. The number of nitrogens with zero attached hydrogens (tertiary/aromatic N) is 1. The van der Waals surface area contributed by atoms with Crippen LogP contribution in [0.2, 0.25) is 0 Å². The van der Waals surface area contributed by atoms with Gasteiger partial charge in [-0.1, -0.05) is 42.5 Å². The topological polar surface area (TPSA) is 50.8 Å². The highest BCUT2D eigenvalue weighted by molar-refractivity contribution is 5.68. The average Bonchev–Trinajstić information content (AvgIpc) is 3.03. The second-order valence-electron chi connectivity index (χ2n) is 8.31. The lowest BCUT2D eigenvalue weighted by atomic mass is 9.94. The lowest BCUT2D eigenvalue weighted by Gasteiger charge is -2.24. The summed E-state index contributed by atoms with van der Waals surface area (Å²) < 4.78 is 10.8. The van der Waals surface area contributed by atoms with E-state index in [2.05, 4.69) is 46.6 Å². The summed E-state index contributed by atoms with van der Waals surface area (Å²) in [5, 5.41) is 3.09. The van der Waals surface area contributed by atoms with Gasteiger partial charge >= 0.3 is 6.09 Å². The highest BCUT2D eigenvalue weighted by Crippen LogP contribution is 2.30. The molecule has 1 heterocycles. The van der Waals surface area contributed by atoms with Gasteiger partial charge in [-0.25, -0.2) is 4.79 Å². The number of carbonyl (C=O) groups excluding carboxylic acids is 1. The third kappa shape index (κ3) is 5.49. The van der Waals surface area contributed by atoms with Gasteiger partial charge in [-0.2, -0.15) is 0 Å². The zero-order valence-electron chi connectivity index (χ0n) is 17.1. The number of likely N-dealkylation sites (tertiary alicyclic amines) is 1. The molecule has 1 amide bonds. The molecule has 1 N–H and O–H groups in total. The minimum Gasteiger partial charge on any atom is -0.497 e. The van der Waals surface area contributed by atoms with E-state index in [0.717, 1.165) is 25.4 Å². The van der Waals surface area contributed by atoms with Crippen molar-refractivity contribution < 1.29 is 14.3 Å². The van der Waals surface area contributed by atoms with Gasteiger partial charge in [0.15, 0.2) is 0 Å². The molecule has 0 bridgehead atoms. The van der Waals surface area contributed by atoms with Gasteiger partial charge in [0.25, 0.3) is 0 Å². The van der Waals surface area contributed by atoms with Gasteiger partial charge in [0.1, 0.15) is 11.4 Å². The first-order chi connectivity index (χ1) is 13.3. The molecule has 0 aliphatic carbocycles. The van der Waals surface area contributed by atoms with Crippen LogP contribution in [0, 0.1) is 0 Å². The molecule has 0 unspecified atom stereocenters. The highest BCUT2D eigenvalue weighted by Gasteiger charge is 2.35. The third-order valence-corrected chi connectivity index (χ3v) is 4.89. The summed E-state index contributed by atoms with van der Waals surface area (Å²) in [7, 11) is 1.67. The molecule has 2 atom stereocenters. The quantitative estimate of drug-likeness (QED) is 0.843. The number of alkyl carbamates (subject to hydrolysis) is 1. The van der Waals surface area contributed by atoms with E-state index in [4.69, 9.17) is 9.47 Å². The number of benzene rings is 2. The molecule has 2 aromatic carbocycles. The summed E-state index contributed by atoms with van der Waals surface area (Å²) >= 11 is 0. The van der Waals surface area contributed by atoms with E-state index in [1.807, 2.05) is 39.0 Å². The SMILES string of the molecule is COc1ccc([C@@H]2CN(Cc3ccccc3)C[C@H]2NC(=O)OC(C)(C)C)cc1. The molecular weight excluding hydrogens is 352 g/mol. The molecule has 1 aliphatic rings. The maximum Gasteiger partial charge on any atom is 0.407 e. The van der Waals surface area contributed by atoms with E-state index in [1.165, 1.54) is 11.1 Å². The van der Waals surface area contributed by atoms with E-state index in [-0.39, 0.29) is 18.1 Å². The van der Waals surface area contributed by atoms with Crippen molar-refractivity contribution in [3.05, 3.63) is 65.7 Å². The van der Waals surface area contributed by atoms with Crippen molar-refractivity contribution in [2.75, 3.05) is 20.2 Å². The Morgan fingerprint density at radius 1 is 1.07 bits per heavy atom. The van der Waals surface area contributed by atoms with Crippen LogP contribution in [-0.2, 0) is 11.3 Å². The van der Waals surface area contributed by atoms with Gasteiger partial charge in [-0.15, -0.1) is 0 Å². The Labute approximate surface area is 167 Å². The Balaban J connectivity index is 1.75. The molecule has 0 saturated carbocycles. The van der Waals surface area contributed by atoms with E-state index in [1.54, 1.807) is 7.11 Å². The average molecular weight is 383 g/mol. The van der Waals surface area contributed by atoms with Crippen LogP contribution in [0.5, 0.6) is 5.75 Å². The van der Waals surface area contributed by atoms with E-state index >= 15 is 0 Å². The Kier molecular flexibility index (Phi) is 6.25. The monoisotopic (exact) mass is 382 g/mol. The predicted molar refractivity (Wildman–Crippen MR) is 111 cm³/mol. The molecule has 0 radical (unpaired) electrons. The lowest BCUT2D eigenvalue weighted by molar-refractivity contribution is 0.0502. The van der Waals surface area contributed by atoms with Crippen molar-refractivity contribution in [1.82, 2.24) is 10.2 Å². The van der Waals surface area contributed by atoms with Gasteiger partial charge in [-0.05, 0) is 44.0 Å². The van der Waals surface area contributed by atoms with Crippen molar-refractivity contribution in [3.63, 3.8) is 0 Å². The van der Waals surface area contributed by atoms with Gasteiger partial charge in [0, 0.05) is 25.6 Å². The van der Waals surface area contributed by atoms with E-state index in [9.17, 15) is 4.79 Å². The molecule has 1 aliphatic heterocycles. The van der Waals surface area contributed by atoms with Gasteiger partial charge in [0.2, 0.25) is 0 Å². The van der Waals surface area contributed by atoms with Crippen LogP contribution in [0.25, 0.3) is 0 Å². The number of carbonyl (C=O) groups is 1. The van der Waals surface area contributed by atoms with Crippen LogP contribution < -0.4 is 10.1 Å². The normalized spacial score (nSPS) is 20.0. The number of amides is 1. The molecule has 150 valence electrons. The molecule has 1 saturated heterocycles. The fourth-order valence-corrected chi connectivity index (χ4v) is 3.65. The summed E-state index contributed by atoms with van der Waals surface area (Å²) in [6, 6.07) is 18.5. The third-order valence-electron chi connectivity index (χ3n) is 4.89. The number of hydrogen-bond donors (Lipinski definition) is 1. The van der Waals surface area contributed by atoms with Crippen molar-refractivity contribution >= 4 is 6.09 Å². The zero-order chi connectivity index (χ0) is 20.1. The second kappa shape index (κ2) is 8.65. The van der Waals surface area contributed by atoms with Crippen LogP contribution in [0.15, 0.2) is 54.6 Å². The molecule has 0 spiro atoms. The Morgan fingerprint density at radius 2 is 1.75 bits per heavy atom. The minimum atomic E-state index is -0.512. The van der Waals surface area contributed by atoms with Crippen LogP contribution in [0.1, 0.15) is 37.8 Å². The summed E-state index contributed by atoms with van der Waals surface area (Å²) in [6.45, 7) is 8.16. The highest BCUT2D eigenvalue weighted by atomic mass is 16.6. The van der Waals surface area contributed by atoms with Crippen molar-refractivity contribution in [2.24, 2.45) is 0 Å². The Bertz CT molecular complexity index is 769. The number of rotatable bonds is 5. The summed E-state index contributed by atoms with van der Waals surface area (Å²) in [5.41, 5.74) is 1.95. The maximum absolute atomic E-state index is 12.4. The molecular formula is C23H30N2O3. The number of nitrogens with one attached hydrogen (secondary N) is 1. The molecule has 5 heteroatoms. The Morgan fingerprint density at radius 3 is 2.36 bits per heavy atom. The lowest BCUT2D eigenvalue weighted by Crippen LogP contribution is -2.42. The Hall–Kier alpha value is -2.53. The maximum atomic E-state index is 12.4. The molecule has 1 fully saturated rings. The predicted octanol–water partition coefficient (Wildman–Crippen LogP) is 4.19. The summed E-state index contributed by atoms with van der Waals surface area (Å²) in [6.07, 6.45) is -0.363. The van der Waals surface area contributed by atoms with Crippen LogP contribution in [0.4, 0.5) is 4.79 Å².